The summed E-state index contributed by atoms with van der Waals surface area (Å²) in [6.07, 6.45) is 1.06. The summed E-state index contributed by atoms with van der Waals surface area (Å²) in [5.41, 5.74) is 0.0916. The number of hydrogen-bond donors (Lipinski definition) is 1. The van der Waals surface area contributed by atoms with Gasteiger partial charge in [-0.25, -0.2) is 0 Å². The fourth-order valence-corrected chi connectivity index (χ4v) is 1.62. The van der Waals surface area contributed by atoms with Crippen molar-refractivity contribution >= 4 is 0 Å². The standard InChI is InChI=1S/C13H23NO2/c1-11-5-6-12(16-11)13(2,3)7-8-14-9-10-15-4/h5-6,14H,7-10H2,1-4H3. The molecule has 3 nitrogen and oxygen atoms in total. The minimum Gasteiger partial charge on any atom is -0.466 e. The third-order valence-electron chi connectivity index (χ3n) is 2.82. The zero-order valence-corrected chi connectivity index (χ0v) is 10.8. The Hall–Kier alpha value is -0.800. The molecule has 0 fully saturated rings. The molecule has 0 saturated heterocycles. The summed E-state index contributed by atoms with van der Waals surface area (Å²) in [6.45, 7) is 9.06. The van der Waals surface area contributed by atoms with Gasteiger partial charge in [0.15, 0.2) is 0 Å². The van der Waals surface area contributed by atoms with Crippen molar-refractivity contribution in [3.63, 3.8) is 0 Å². The molecule has 3 heteroatoms. The fourth-order valence-electron chi connectivity index (χ4n) is 1.62. The van der Waals surface area contributed by atoms with E-state index in [1.807, 2.05) is 13.0 Å². The Bertz CT molecular complexity index is 305. The summed E-state index contributed by atoms with van der Waals surface area (Å²) in [6, 6.07) is 4.10. The second-order valence-electron chi connectivity index (χ2n) is 4.79. The van der Waals surface area contributed by atoms with Crippen LogP contribution in [0.3, 0.4) is 0 Å². The largest absolute Gasteiger partial charge is 0.466 e. The Morgan fingerprint density at radius 3 is 2.62 bits per heavy atom. The van der Waals surface area contributed by atoms with E-state index in [4.69, 9.17) is 9.15 Å². The quantitative estimate of drug-likeness (QED) is 0.724. The number of furan rings is 1. The first-order valence-corrected chi connectivity index (χ1v) is 5.83. The van der Waals surface area contributed by atoms with Gasteiger partial charge in [-0.3, -0.25) is 0 Å². The van der Waals surface area contributed by atoms with Crippen molar-refractivity contribution in [1.29, 1.82) is 0 Å². The van der Waals surface area contributed by atoms with Crippen LogP contribution in [0.4, 0.5) is 0 Å². The van der Waals surface area contributed by atoms with Gasteiger partial charge < -0.3 is 14.5 Å². The predicted octanol–water partition coefficient (Wildman–Crippen LogP) is 2.49. The number of aryl methyl sites for hydroxylation is 1. The number of nitrogens with one attached hydrogen (secondary N) is 1. The summed E-state index contributed by atoms with van der Waals surface area (Å²) in [4.78, 5) is 0. The highest BCUT2D eigenvalue weighted by Crippen LogP contribution is 2.27. The van der Waals surface area contributed by atoms with Crippen molar-refractivity contribution in [3.8, 4) is 0 Å². The molecule has 1 aromatic rings. The van der Waals surface area contributed by atoms with Crippen LogP contribution < -0.4 is 5.32 Å². The van der Waals surface area contributed by atoms with E-state index in [0.29, 0.717) is 0 Å². The maximum Gasteiger partial charge on any atom is 0.109 e. The summed E-state index contributed by atoms with van der Waals surface area (Å²) < 4.78 is 10.7. The SMILES string of the molecule is COCCNCCC(C)(C)c1ccc(C)o1. The molecule has 1 heterocycles. The molecule has 0 atom stereocenters. The van der Waals surface area contributed by atoms with E-state index in [0.717, 1.165) is 37.6 Å². The van der Waals surface area contributed by atoms with Gasteiger partial charge in [0, 0.05) is 19.1 Å². The molecule has 1 aromatic heterocycles. The summed E-state index contributed by atoms with van der Waals surface area (Å²) >= 11 is 0. The highest BCUT2D eigenvalue weighted by atomic mass is 16.5. The topological polar surface area (TPSA) is 34.4 Å². The molecule has 0 bridgehead atoms. The molecular weight excluding hydrogens is 202 g/mol. The van der Waals surface area contributed by atoms with Crippen LogP contribution in [-0.2, 0) is 10.2 Å². The molecule has 0 aliphatic heterocycles. The Kier molecular flexibility index (Phi) is 5.03. The predicted molar refractivity (Wildman–Crippen MR) is 65.8 cm³/mol. The van der Waals surface area contributed by atoms with E-state index in [-0.39, 0.29) is 5.41 Å². The van der Waals surface area contributed by atoms with Gasteiger partial charge in [0.25, 0.3) is 0 Å². The van der Waals surface area contributed by atoms with Crippen molar-refractivity contribution < 1.29 is 9.15 Å². The van der Waals surface area contributed by atoms with Crippen LogP contribution in [0.25, 0.3) is 0 Å². The summed E-state index contributed by atoms with van der Waals surface area (Å²) in [7, 11) is 1.72. The molecule has 0 spiro atoms. The lowest BCUT2D eigenvalue weighted by Crippen LogP contribution is -2.27. The molecule has 0 aliphatic rings. The van der Waals surface area contributed by atoms with E-state index in [9.17, 15) is 0 Å². The summed E-state index contributed by atoms with van der Waals surface area (Å²) in [5, 5.41) is 3.35. The second-order valence-corrected chi connectivity index (χ2v) is 4.79. The monoisotopic (exact) mass is 225 g/mol. The van der Waals surface area contributed by atoms with Crippen LogP contribution in [0.5, 0.6) is 0 Å². The van der Waals surface area contributed by atoms with E-state index in [2.05, 4.69) is 25.2 Å². The maximum atomic E-state index is 5.67. The lowest BCUT2D eigenvalue weighted by Gasteiger charge is -2.22. The zero-order valence-electron chi connectivity index (χ0n) is 10.8. The van der Waals surface area contributed by atoms with Gasteiger partial charge in [0.2, 0.25) is 0 Å². The van der Waals surface area contributed by atoms with Gasteiger partial charge in [-0.15, -0.1) is 0 Å². The van der Waals surface area contributed by atoms with E-state index in [1.165, 1.54) is 0 Å². The second kappa shape index (κ2) is 6.06. The Labute approximate surface area is 98.2 Å². The first-order chi connectivity index (χ1) is 7.56. The van der Waals surface area contributed by atoms with Crippen LogP contribution in [0.2, 0.25) is 0 Å². The van der Waals surface area contributed by atoms with Gasteiger partial charge in [0.1, 0.15) is 11.5 Å². The Morgan fingerprint density at radius 2 is 2.06 bits per heavy atom. The number of methoxy groups -OCH3 is 1. The van der Waals surface area contributed by atoms with E-state index < -0.39 is 0 Å². The third-order valence-corrected chi connectivity index (χ3v) is 2.82. The van der Waals surface area contributed by atoms with Crippen LogP contribution in [0.1, 0.15) is 31.8 Å². The maximum absolute atomic E-state index is 5.67. The van der Waals surface area contributed by atoms with Gasteiger partial charge in [-0.05, 0) is 32.0 Å². The fraction of sp³-hybridized carbons (Fsp3) is 0.692. The molecule has 16 heavy (non-hydrogen) atoms. The molecule has 0 radical (unpaired) electrons. The summed E-state index contributed by atoms with van der Waals surface area (Å²) in [5.74, 6) is 2.05. The van der Waals surface area contributed by atoms with E-state index in [1.54, 1.807) is 7.11 Å². The zero-order chi connectivity index (χ0) is 12.0. The first-order valence-electron chi connectivity index (χ1n) is 5.83. The minimum atomic E-state index is 0.0916. The van der Waals surface area contributed by atoms with Gasteiger partial charge in [-0.2, -0.15) is 0 Å². The third kappa shape index (κ3) is 3.99. The van der Waals surface area contributed by atoms with Crippen molar-refractivity contribution in [3.05, 3.63) is 23.7 Å². The van der Waals surface area contributed by atoms with Crippen LogP contribution in [-0.4, -0.2) is 26.8 Å². The molecule has 0 aliphatic carbocycles. The molecule has 1 rings (SSSR count). The van der Waals surface area contributed by atoms with Crippen molar-refractivity contribution in [1.82, 2.24) is 5.32 Å². The number of hydrogen-bond acceptors (Lipinski definition) is 3. The van der Waals surface area contributed by atoms with Crippen LogP contribution in [0.15, 0.2) is 16.5 Å². The lowest BCUT2D eigenvalue weighted by atomic mass is 9.86. The van der Waals surface area contributed by atoms with E-state index >= 15 is 0 Å². The number of rotatable bonds is 7. The highest BCUT2D eigenvalue weighted by molar-refractivity contribution is 5.14. The molecular formula is C13H23NO2. The number of ether oxygens (including phenoxy) is 1. The minimum absolute atomic E-state index is 0.0916. The first kappa shape index (κ1) is 13.3. The molecule has 0 aromatic carbocycles. The Morgan fingerprint density at radius 1 is 1.31 bits per heavy atom. The van der Waals surface area contributed by atoms with Crippen LogP contribution >= 0.6 is 0 Å². The van der Waals surface area contributed by atoms with Crippen molar-refractivity contribution in [2.75, 3.05) is 26.8 Å². The van der Waals surface area contributed by atoms with Gasteiger partial charge in [0.05, 0.1) is 6.61 Å². The average Bonchev–Trinajstić information content (AvgIpc) is 2.65. The van der Waals surface area contributed by atoms with Crippen molar-refractivity contribution in [2.24, 2.45) is 0 Å². The molecule has 0 saturated carbocycles. The van der Waals surface area contributed by atoms with Crippen LogP contribution in [0, 0.1) is 6.92 Å². The average molecular weight is 225 g/mol. The molecule has 1 N–H and O–H groups in total. The highest BCUT2D eigenvalue weighted by Gasteiger charge is 2.23. The molecule has 0 unspecified atom stereocenters. The van der Waals surface area contributed by atoms with Gasteiger partial charge >= 0.3 is 0 Å². The Balaban J connectivity index is 2.34. The molecule has 0 amide bonds. The van der Waals surface area contributed by atoms with Crippen molar-refractivity contribution in [2.45, 2.75) is 32.6 Å². The lowest BCUT2D eigenvalue weighted by molar-refractivity contribution is 0.198. The smallest absolute Gasteiger partial charge is 0.109 e. The normalized spacial score (nSPS) is 12.0. The van der Waals surface area contributed by atoms with Gasteiger partial charge in [-0.1, -0.05) is 13.8 Å². The molecule has 92 valence electrons.